The topological polar surface area (TPSA) is 23.1 Å². The molecule has 1 unspecified atom stereocenters. The maximum atomic E-state index is 12.1. The van der Waals surface area contributed by atoms with E-state index < -0.39 is 0 Å². The zero-order valence-electron chi connectivity index (χ0n) is 9.68. The molecule has 0 aliphatic carbocycles. The summed E-state index contributed by atoms with van der Waals surface area (Å²) in [6, 6.07) is 0. The van der Waals surface area contributed by atoms with Gasteiger partial charge in [0, 0.05) is 0 Å². The maximum Gasteiger partial charge on any atom is 0.153 e. The third kappa shape index (κ3) is 4.84. The van der Waals surface area contributed by atoms with Crippen LogP contribution in [0.15, 0.2) is 9.40 Å². The minimum absolute atomic E-state index is 0.328. The summed E-state index contributed by atoms with van der Waals surface area (Å²) in [5.41, 5.74) is 0. The van der Waals surface area contributed by atoms with Crippen molar-refractivity contribution in [1.29, 1.82) is 0 Å². The maximum absolute atomic E-state index is 12.1. The van der Waals surface area contributed by atoms with E-state index in [2.05, 4.69) is 6.92 Å². The molecular formula is C11H19Cl2NOS. The Hall–Kier alpha value is 0.590. The summed E-state index contributed by atoms with van der Waals surface area (Å²) < 4.78 is 0.147. The van der Waals surface area contributed by atoms with Gasteiger partial charge in [0.15, 0.2) is 4.36 Å². The lowest BCUT2D eigenvalue weighted by Crippen LogP contribution is -2.33. The number of unbranched alkanes of at least 4 members (excludes halogenated alkanes) is 5. The van der Waals surface area contributed by atoms with Crippen molar-refractivity contribution in [3.05, 3.63) is 14.6 Å². The Morgan fingerprint density at radius 3 is 2.38 bits per heavy atom. The van der Waals surface area contributed by atoms with Crippen LogP contribution in [-0.2, 0) is 0 Å². The first kappa shape index (κ1) is 14.7. The second-order valence-corrected chi connectivity index (χ2v) is 6.55. The van der Waals surface area contributed by atoms with Gasteiger partial charge in [-0.25, -0.2) is 0 Å². The number of halogens is 2. The first-order valence-electron chi connectivity index (χ1n) is 5.89. The Balaban J connectivity index is 2.10. The van der Waals surface area contributed by atoms with Crippen molar-refractivity contribution in [2.24, 2.45) is 0 Å². The van der Waals surface area contributed by atoms with Crippen molar-refractivity contribution in [2.45, 2.75) is 45.4 Å². The van der Waals surface area contributed by atoms with E-state index >= 15 is 0 Å². The smallest absolute Gasteiger partial charge is 0.153 e. The Morgan fingerprint density at radius 1 is 1.19 bits per heavy atom. The largest absolute Gasteiger partial charge is 0.620 e. The van der Waals surface area contributed by atoms with Gasteiger partial charge >= 0.3 is 0 Å². The molecule has 0 amide bonds. The van der Waals surface area contributed by atoms with Crippen molar-refractivity contribution >= 4 is 35.1 Å². The van der Waals surface area contributed by atoms with Crippen molar-refractivity contribution in [3.8, 4) is 0 Å². The number of rotatable bonds is 7. The van der Waals surface area contributed by atoms with Gasteiger partial charge in [-0.05, 0) is 12.8 Å². The Morgan fingerprint density at radius 2 is 1.81 bits per heavy atom. The lowest BCUT2D eigenvalue weighted by Gasteiger charge is -2.35. The van der Waals surface area contributed by atoms with Crippen LogP contribution in [0.3, 0.4) is 0 Å². The molecular weight excluding hydrogens is 265 g/mol. The molecule has 1 rings (SSSR count). The second kappa shape index (κ2) is 7.12. The fourth-order valence-corrected chi connectivity index (χ4v) is 3.43. The first-order valence-corrected chi connectivity index (χ1v) is 7.42. The van der Waals surface area contributed by atoms with Gasteiger partial charge in [-0.2, -0.15) is 0 Å². The Kier molecular flexibility index (Phi) is 6.52. The van der Waals surface area contributed by atoms with E-state index in [0.29, 0.717) is 22.5 Å². The molecule has 0 saturated heterocycles. The lowest BCUT2D eigenvalue weighted by molar-refractivity contribution is -0.731. The summed E-state index contributed by atoms with van der Waals surface area (Å²) in [5.74, 6) is 0. The van der Waals surface area contributed by atoms with Crippen molar-refractivity contribution in [3.63, 3.8) is 0 Å². The molecule has 0 aromatic carbocycles. The summed E-state index contributed by atoms with van der Waals surface area (Å²) in [5, 5.41) is 12.6. The summed E-state index contributed by atoms with van der Waals surface area (Å²) in [6.07, 6.45) is 7.17. The lowest BCUT2D eigenvalue weighted by atomic mass is 10.1. The van der Waals surface area contributed by atoms with Gasteiger partial charge in [0.1, 0.15) is 23.5 Å². The van der Waals surface area contributed by atoms with E-state index in [9.17, 15) is 5.21 Å². The highest BCUT2D eigenvalue weighted by atomic mass is 35.5. The molecule has 0 N–H and O–H groups in total. The average molecular weight is 284 g/mol. The summed E-state index contributed by atoms with van der Waals surface area (Å²) in [6.45, 7) is 3.15. The number of nitrogens with zero attached hydrogens (tertiary/aromatic N) is 1. The highest BCUT2D eigenvalue weighted by Crippen LogP contribution is 2.43. The monoisotopic (exact) mass is 283 g/mol. The molecule has 5 heteroatoms. The third-order valence-electron chi connectivity index (χ3n) is 2.69. The quantitative estimate of drug-likeness (QED) is 0.285. The number of hydrogen-bond donors (Lipinski definition) is 0. The van der Waals surface area contributed by atoms with Gasteiger partial charge in [0.25, 0.3) is 0 Å². The molecule has 16 heavy (non-hydrogen) atoms. The number of quaternary nitrogens is 1. The zero-order chi connectivity index (χ0) is 12.0. The van der Waals surface area contributed by atoms with Crippen molar-refractivity contribution in [1.82, 2.24) is 0 Å². The van der Waals surface area contributed by atoms with Crippen molar-refractivity contribution in [2.75, 3.05) is 13.1 Å². The van der Waals surface area contributed by atoms with Gasteiger partial charge in [-0.3, -0.25) is 4.05 Å². The predicted molar refractivity (Wildman–Crippen MR) is 73.1 cm³/mol. The third-order valence-corrected chi connectivity index (χ3v) is 4.70. The molecule has 2 nitrogen and oxygen atoms in total. The molecule has 1 atom stereocenters. The van der Waals surface area contributed by atoms with Crippen LogP contribution < -0.4 is 0 Å². The van der Waals surface area contributed by atoms with Crippen LogP contribution in [0.5, 0.6) is 0 Å². The molecule has 0 aromatic rings. The van der Waals surface area contributed by atoms with E-state index in [1.165, 1.54) is 25.7 Å². The summed E-state index contributed by atoms with van der Waals surface area (Å²) >= 11 is 12.8. The average Bonchev–Trinajstić information content (AvgIpc) is 2.47. The van der Waals surface area contributed by atoms with Gasteiger partial charge in [0.2, 0.25) is 0 Å². The normalized spacial score (nSPS) is 25.5. The first-order chi connectivity index (χ1) is 7.57. The number of hydroxylamine groups is 2. The van der Waals surface area contributed by atoms with E-state index in [4.69, 9.17) is 23.2 Å². The van der Waals surface area contributed by atoms with Gasteiger partial charge in [-0.1, -0.05) is 55.8 Å². The molecule has 1 aliphatic heterocycles. The molecule has 1 aliphatic rings. The van der Waals surface area contributed by atoms with E-state index in [1.807, 2.05) is 0 Å². The van der Waals surface area contributed by atoms with E-state index in [0.717, 1.165) is 24.8 Å². The highest BCUT2D eigenvalue weighted by Gasteiger charge is 2.31. The van der Waals surface area contributed by atoms with Crippen LogP contribution in [0.4, 0.5) is 0 Å². The molecule has 0 spiro atoms. The van der Waals surface area contributed by atoms with Crippen LogP contribution in [0.1, 0.15) is 45.4 Å². The van der Waals surface area contributed by atoms with E-state index in [1.54, 1.807) is 0 Å². The van der Waals surface area contributed by atoms with Crippen molar-refractivity contribution < 1.29 is 4.05 Å². The minimum atomic E-state index is -0.328. The van der Waals surface area contributed by atoms with Crippen LogP contribution in [0.2, 0.25) is 0 Å². The van der Waals surface area contributed by atoms with Crippen LogP contribution in [0, 0.1) is 5.21 Å². The summed E-state index contributed by atoms with van der Waals surface area (Å²) in [7, 11) is 0. The number of hydrogen-bond acceptors (Lipinski definition) is 2. The van der Waals surface area contributed by atoms with Gasteiger partial charge in [-0.15, -0.1) is 0 Å². The second-order valence-electron chi connectivity index (χ2n) is 4.23. The predicted octanol–water partition coefficient (Wildman–Crippen LogP) is 4.97. The Bertz CT molecular complexity index is 244. The summed E-state index contributed by atoms with van der Waals surface area (Å²) in [4.78, 5) is 0. The zero-order valence-corrected chi connectivity index (χ0v) is 12.0. The molecule has 0 radical (unpaired) electrons. The van der Waals surface area contributed by atoms with Crippen LogP contribution >= 0.6 is 35.1 Å². The molecule has 94 valence electrons. The van der Waals surface area contributed by atoms with Crippen LogP contribution in [0.25, 0.3) is 0 Å². The fraction of sp³-hybridized carbons (Fsp3) is 0.818. The van der Waals surface area contributed by atoms with Crippen LogP contribution in [-0.4, -0.2) is 17.1 Å². The molecule has 1 heterocycles. The van der Waals surface area contributed by atoms with E-state index in [-0.39, 0.29) is 4.05 Å². The SMILES string of the molecule is CCCCCCCC[N+]1([O-])CC(Cl)=C(Cl)S1. The van der Waals surface area contributed by atoms with Gasteiger partial charge < -0.3 is 5.21 Å². The minimum Gasteiger partial charge on any atom is -0.620 e. The molecule has 0 bridgehead atoms. The van der Waals surface area contributed by atoms with Gasteiger partial charge in [0.05, 0.1) is 6.54 Å². The molecule has 0 saturated carbocycles. The molecule has 0 fully saturated rings. The molecule has 0 aromatic heterocycles. The highest BCUT2D eigenvalue weighted by molar-refractivity contribution is 7.99. The fourth-order valence-electron chi connectivity index (χ4n) is 1.76. The standard InChI is InChI=1S/C11H19Cl2NOS/c1-2-3-4-5-6-7-8-14(15)9-10(12)11(13)16-14/h2-9H2,1H3. The Labute approximate surface area is 112 Å².